The third-order valence-electron chi connectivity index (χ3n) is 2.57. The molecule has 2 rings (SSSR count). The Morgan fingerprint density at radius 2 is 1.89 bits per heavy atom. The molecule has 0 aliphatic heterocycles. The number of rotatable bonds is 4. The Hall–Kier alpha value is -1.88. The molecule has 0 unspecified atom stereocenters. The molecule has 0 spiro atoms. The highest BCUT2D eigenvalue weighted by Crippen LogP contribution is 2.28. The number of thioether (sulfide) groups is 1. The van der Waals surface area contributed by atoms with Crippen molar-refractivity contribution in [2.24, 2.45) is 0 Å². The first-order valence-corrected chi connectivity index (χ1v) is 6.80. The van der Waals surface area contributed by atoms with E-state index in [-0.39, 0.29) is 22.2 Å². The zero-order valence-electron chi connectivity index (χ0n) is 10.3. The van der Waals surface area contributed by atoms with Crippen LogP contribution in [0.2, 0.25) is 0 Å². The van der Waals surface area contributed by atoms with E-state index in [0.29, 0.717) is 17.7 Å². The van der Waals surface area contributed by atoms with Crippen molar-refractivity contribution in [1.29, 1.82) is 0 Å². The Balaban J connectivity index is 2.14. The molecular formula is C14H12O4S. The first-order valence-electron chi connectivity index (χ1n) is 5.81. The monoisotopic (exact) mass is 276 g/mol. The molecule has 19 heavy (non-hydrogen) atoms. The van der Waals surface area contributed by atoms with Gasteiger partial charge in [0.25, 0.3) is 0 Å². The number of benzene rings is 1. The van der Waals surface area contributed by atoms with E-state index in [1.807, 2.05) is 0 Å². The van der Waals surface area contributed by atoms with Gasteiger partial charge in [0.15, 0.2) is 11.6 Å². The summed E-state index contributed by atoms with van der Waals surface area (Å²) in [6, 6.07) is 6.67. The van der Waals surface area contributed by atoms with E-state index in [2.05, 4.69) is 0 Å². The number of carbonyl (C=O) groups excluding carboxylic acids is 3. The number of hydrogen-bond donors (Lipinski definition) is 0. The highest BCUT2D eigenvalue weighted by atomic mass is 32.2. The zero-order chi connectivity index (χ0) is 13.8. The average Bonchev–Trinajstić information content (AvgIpc) is 2.42. The number of esters is 1. The molecule has 0 amide bonds. The van der Waals surface area contributed by atoms with Gasteiger partial charge in [0.2, 0.25) is 0 Å². The van der Waals surface area contributed by atoms with E-state index in [4.69, 9.17) is 4.74 Å². The summed E-state index contributed by atoms with van der Waals surface area (Å²) in [6.07, 6.45) is 1.29. The molecule has 0 radical (unpaired) electrons. The molecule has 0 heterocycles. The molecule has 5 heteroatoms. The van der Waals surface area contributed by atoms with Gasteiger partial charge in [0.05, 0.1) is 17.3 Å². The summed E-state index contributed by atoms with van der Waals surface area (Å²) in [5, 5.41) is 0. The molecule has 0 bridgehead atoms. The zero-order valence-corrected chi connectivity index (χ0v) is 11.2. The fourth-order valence-electron chi connectivity index (χ4n) is 1.74. The van der Waals surface area contributed by atoms with Crippen LogP contribution in [0.5, 0.6) is 0 Å². The maximum absolute atomic E-state index is 12.1. The van der Waals surface area contributed by atoms with Crippen LogP contribution in [-0.2, 0) is 9.53 Å². The maximum atomic E-state index is 12.1. The fraction of sp³-hybridized carbons (Fsp3) is 0.214. The van der Waals surface area contributed by atoms with E-state index in [0.717, 1.165) is 11.8 Å². The molecule has 0 aromatic heterocycles. The van der Waals surface area contributed by atoms with Gasteiger partial charge in [0.1, 0.15) is 0 Å². The minimum Gasteiger partial charge on any atom is -0.465 e. The summed E-state index contributed by atoms with van der Waals surface area (Å²) < 4.78 is 4.78. The lowest BCUT2D eigenvalue weighted by atomic mass is 9.95. The number of allylic oxidation sites excluding steroid dienone is 2. The Morgan fingerprint density at radius 1 is 1.21 bits per heavy atom. The molecule has 0 N–H and O–H groups in total. The molecule has 1 aromatic rings. The van der Waals surface area contributed by atoms with E-state index >= 15 is 0 Å². The molecule has 0 fully saturated rings. The van der Waals surface area contributed by atoms with Crippen molar-refractivity contribution in [2.75, 3.05) is 12.4 Å². The van der Waals surface area contributed by atoms with E-state index in [9.17, 15) is 14.4 Å². The second kappa shape index (κ2) is 5.84. The van der Waals surface area contributed by atoms with Crippen LogP contribution in [0.15, 0.2) is 35.2 Å². The number of Topliss-reactive ketones (excluding diaryl/α,β-unsaturated/α-hetero) is 1. The lowest BCUT2D eigenvalue weighted by Gasteiger charge is -2.13. The highest BCUT2D eigenvalue weighted by molar-refractivity contribution is 8.04. The quantitative estimate of drug-likeness (QED) is 0.789. The van der Waals surface area contributed by atoms with Gasteiger partial charge in [-0.05, 0) is 6.92 Å². The standard InChI is InChI=1S/C14H12O4S/c1-2-18-13(16)8-19-12-7-11(15)9-5-3-4-6-10(9)14(12)17/h3-7H,2,8H2,1H3. The molecular weight excluding hydrogens is 264 g/mol. The van der Waals surface area contributed by atoms with Crippen molar-refractivity contribution in [1.82, 2.24) is 0 Å². The lowest BCUT2D eigenvalue weighted by Crippen LogP contribution is -2.16. The Kier molecular flexibility index (Phi) is 4.16. The Morgan fingerprint density at radius 3 is 2.58 bits per heavy atom. The highest BCUT2D eigenvalue weighted by Gasteiger charge is 2.25. The molecule has 4 nitrogen and oxygen atoms in total. The van der Waals surface area contributed by atoms with Crippen molar-refractivity contribution < 1.29 is 19.1 Å². The van der Waals surface area contributed by atoms with Crippen LogP contribution >= 0.6 is 11.8 Å². The first kappa shape index (κ1) is 13.5. The topological polar surface area (TPSA) is 60.4 Å². The van der Waals surface area contributed by atoms with Crippen molar-refractivity contribution in [2.45, 2.75) is 6.92 Å². The van der Waals surface area contributed by atoms with Gasteiger partial charge < -0.3 is 4.74 Å². The second-order valence-corrected chi connectivity index (χ2v) is 4.86. The van der Waals surface area contributed by atoms with Gasteiger partial charge in [-0.2, -0.15) is 0 Å². The van der Waals surface area contributed by atoms with Gasteiger partial charge in [-0.15, -0.1) is 11.8 Å². The average molecular weight is 276 g/mol. The summed E-state index contributed by atoms with van der Waals surface area (Å²) in [5.41, 5.74) is 0.800. The molecule has 1 aliphatic carbocycles. The van der Waals surface area contributed by atoms with Crippen LogP contribution in [0.3, 0.4) is 0 Å². The third kappa shape index (κ3) is 2.93. The number of hydrogen-bond acceptors (Lipinski definition) is 5. The van der Waals surface area contributed by atoms with Crippen LogP contribution in [-0.4, -0.2) is 29.9 Å². The summed E-state index contributed by atoms with van der Waals surface area (Å²) >= 11 is 1.04. The summed E-state index contributed by atoms with van der Waals surface area (Å²) in [4.78, 5) is 35.5. The van der Waals surface area contributed by atoms with Crippen molar-refractivity contribution in [3.8, 4) is 0 Å². The molecule has 1 aliphatic rings. The predicted octanol–water partition coefficient (Wildman–Crippen LogP) is 2.25. The van der Waals surface area contributed by atoms with E-state index < -0.39 is 5.97 Å². The predicted molar refractivity (Wildman–Crippen MR) is 72.3 cm³/mol. The number of fused-ring (bicyclic) bond motifs is 1. The first-order chi connectivity index (χ1) is 9.13. The van der Waals surface area contributed by atoms with Crippen LogP contribution in [0.1, 0.15) is 27.6 Å². The van der Waals surface area contributed by atoms with Crippen LogP contribution in [0.25, 0.3) is 0 Å². The van der Waals surface area contributed by atoms with Crippen LogP contribution < -0.4 is 0 Å². The molecule has 0 saturated carbocycles. The fourth-order valence-corrected chi connectivity index (χ4v) is 2.53. The molecule has 1 aromatic carbocycles. The van der Waals surface area contributed by atoms with Gasteiger partial charge in [-0.3, -0.25) is 14.4 Å². The molecule has 0 atom stereocenters. The Bertz CT molecular complexity index is 575. The normalized spacial score (nSPS) is 13.8. The second-order valence-electron chi connectivity index (χ2n) is 3.84. The number of ether oxygens (including phenoxy) is 1. The largest absolute Gasteiger partial charge is 0.465 e. The summed E-state index contributed by atoms with van der Waals surface area (Å²) in [6.45, 7) is 2.02. The Labute approximate surface area is 114 Å². The van der Waals surface area contributed by atoms with Gasteiger partial charge in [-0.1, -0.05) is 24.3 Å². The number of carbonyl (C=O) groups is 3. The van der Waals surface area contributed by atoms with Gasteiger partial charge in [-0.25, -0.2) is 0 Å². The SMILES string of the molecule is CCOC(=O)CSC1=CC(=O)c2ccccc2C1=O. The van der Waals surface area contributed by atoms with Crippen molar-refractivity contribution >= 4 is 29.3 Å². The van der Waals surface area contributed by atoms with Crippen molar-refractivity contribution in [3.63, 3.8) is 0 Å². The minimum absolute atomic E-state index is 0.0286. The molecule has 98 valence electrons. The van der Waals surface area contributed by atoms with Crippen molar-refractivity contribution in [3.05, 3.63) is 46.4 Å². The van der Waals surface area contributed by atoms with E-state index in [1.165, 1.54) is 6.08 Å². The molecule has 0 saturated heterocycles. The minimum atomic E-state index is -0.396. The van der Waals surface area contributed by atoms with Crippen LogP contribution in [0.4, 0.5) is 0 Å². The maximum Gasteiger partial charge on any atom is 0.316 e. The van der Waals surface area contributed by atoms with Gasteiger partial charge in [0, 0.05) is 17.2 Å². The summed E-state index contributed by atoms with van der Waals surface area (Å²) in [7, 11) is 0. The third-order valence-corrected chi connectivity index (χ3v) is 3.57. The van der Waals surface area contributed by atoms with Gasteiger partial charge >= 0.3 is 5.97 Å². The number of ketones is 2. The smallest absolute Gasteiger partial charge is 0.316 e. The lowest BCUT2D eigenvalue weighted by molar-refractivity contribution is -0.139. The summed E-state index contributed by atoms with van der Waals surface area (Å²) in [5.74, 6) is -0.792. The van der Waals surface area contributed by atoms with E-state index in [1.54, 1.807) is 31.2 Å². The van der Waals surface area contributed by atoms with Crippen LogP contribution in [0, 0.1) is 0 Å².